The number of nitrogens with zero attached hydrogens (tertiary/aromatic N) is 5. The zero-order chi connectivity index (χ0) is 21.8. The first kappa shape index (κ1) is 21.4. The van der Waals surface area contributed by atoms with Crippen LogP contribution in [0.1, 0.15) is 19.4 Å². The Labute approximate surface area is 177 Å². The van der Waals surface area contributed by atoms with Gasteiger partial charge < -0.3 is 4.74 Å². The molecule has 0 spiro atoms. The van der Waals surface area contributed by atoms with Crippen molar-refractivity contribution >= 4 is 34.9 Å². The molecule has 0 aliphatic rings. The lowest BCUT2D eigenvalue weighted by Gasteiger charge is -2.07. The second kappa shape index (κ2) is 9.00. The number of hydrogen-bond donors (Lipinski definition) is 1. The third-order valence-corrected chi connectivity index (χ3v) is 4.63. The van der Waals surface area contributed by atoms with E-state index in [0.29, 0.717) is 24.1 Å². The van der Waals surface area contributed by atoms with Crippen LogP contribution in [0.3, 0.4) is 0 Å². The molecule has 3 rings (SSSR count). The monoisotopic (exact) mass is 430 g/mol. The number of fused-ring (bicyclic) bond motifs is 1. The minimum absolute atomic E-state index is 0.266. The van der Waals surface area contributed by atoms with Crippen molar-refractivity contribution < 1.29 is 4.74 Å². The molecule has 158 valence electrons. The Balaban J connectivity index is 2.00. The second-order valence-electron chi connectivity index (χ2n) is 6.59. The van der Waals surface area contributed by atoms with Crippen molar-refractivity contribution in [3.8, 4) is 5.75 Å². The van der Waals surface area contributed by atoms with Gasteiger partial charge in [0, 0.05) is 25.7 Å². The van der Waals surface area contributed by atoms with E-state index >= 15 is 0 Å². The molecule has 0 aliphatic heterocycles. The Kier molecular flexibility index (Phi) is 6.41. The third-order valence-electron chi connectivity index (χ3n) is 4.47. The quantitative estimate of drug-likeness (QED) is 0.458. The van der Waals surface area contributed by atoms with Gasteiger partial charge in [0.25, 0.3) is 5.56 Å². The molecule has 3 aromatic rings. The number of hydrazone groups is 1. The number of benzene rings is 1. The van der Waals surface area contributed by atoms with Crippen LogP contribution >= 0.6 is 11.6 Å². The Morgan fingerprint density at radius 1 is 1.23 bits per heavy atom. The van der Waals surface area contributed by atoms with Crippen LogP contribution in [0.25, 0.3) is 11.2 Å². The van der Waals surface area contributed by atoms with Crippen LogP contribution in [0, 0.1) is 0 Å². The molecule has 0 unspecified atom stereocenters. The van der Waals surface area contributed by atoms with E-state index in [4.69, 9.17) is 16.3 Å². The molecular weight excluding hydrogens is 408 g/mol. The van der Waals surface area contributed by atoms with Crippen molar-refractivity contribution in [3.63, 3.8) is 0 Å². The number of aryl methyl sites for hydroxylation is 1. The molecule has 0 radical (unpaired) electrons. The second-order valence-corrected chi connectivity index (χ2v) is 7.18. The maximum Gasteiger partial charge on any atom is 0.332 e. The van der Waals surface area contributed by atoms with Gasteiger partial charge in [-0.25, -0.2) is 10.2 Å². The lowest BCUT2D eigenvalue weighted by molar-refractivity contribution is 0.340. The number of ether oxygens (including phenoxy) is 1. The van der Waals surface area contributed by atoms with E-state index in [2.05, 4.69) is 15.5 Å². The van der Waals surface area contributed by atoms with Gasteiger partial charge in [-0.1, -0.05) is 17.7 Å². The molecule has 0 atom stereocenters. The van der Waals surface area contributed by atoms with Gasteiger partial charge in [0.05, 0.1) is 12.8 Å². The van der Waals surface area contributed by atoms with Gasteiger partial charge in [-0.3, -0.25) is 18.5 Å². The first-order chi connectivity index (χ1) is 14.3. The van der Waals surface area contributed by atoms with E-state index in [0.717, 1.165) is 15.9 Å². The van der Waals surface area contributed by atoms with Crippen molar-refractivity contribution in [2.75, 3.05) is 12.0 Å². The fraction of sp³-hybridized carbons (Fsp3) is 0.300. The first-order valence-electron chi connectivity index (χ1n) is 9.34. The van der Waals surface area contributed by atoms with Gasteiger partial charge in [-0.15, -0.1) is 0 Å². The smallest absolute Gasteiger partial charge is 0.332 e. The molecule has 0 bridgehead atoms. The summed E-state index contributed by atoms with van der Waals surface area (Å²) >= 11 is 5.97. The maximum absolute atomic E-state index is 12.7. The molecule has 0 aliphatic carbocycles. The average molecular weight is 431 g/mol. The molecule has 9 nitrogen and oxygen atoms in total. The number of halogens is 1. The van der Waals surface area contributed by atoms with Crippen LogP contribution in [0.5, 0.6) is 5.75 Å². The van der Waals surface area contributed by atoms with Crippen molar-refractivity contribution in [2.45, 2.75) is 20.4 Å². The largest absolute Gasteiger partial charge is 0.494 e. The SMILES string of the molecule is CCOc1ccc(C=NNc2nc3c(c(=O)n(C)c(=O)n3C)n2CC=C(C)Cl)cc1. The van der Waals surface area contributed by atoms with Crippen LogP contribution in [0.4, 0.5) is 5.95 Å². The summed E-state index contributed by atoms with van der Waals surface area (Å²) < 4.78 is 9.43. The van der Waals surface area contributed by atoms with Crippen LogP contribution in [0.15, 0.2) is 50.1 Å². The van der Waals surface area contributed by atoms with E-state index in [9.17, 15) is 9.59 Å². The fourth-order valence-electron chi connectivity index (χ4n) is 2.91. The van der Waals surface area contributed by atoms with E-state index < -0.39 is 11.2 Å². The number of anilines is 1. The highest BCUT2D eigenvalue weighted by Crippen LogP contribution is 2.17. The minimum atomic E-state index is -0.453. The number of allylic oxidation sites excluding steroid dienone is 2. The molecule has 10 heteroatoms. The highest BCUT2D eigenvalue weighted by Gasteiger charge is 2.18. The summed E-state index contributed by atoms with van der Waals surface area (Å²) in [5, 5.41) is 4.80. The van der Waals surface area contributed by atoms with E-state index in [1.54, 1.807) is 30.8 Å². The average Bonchev–Trinajstić information content (AvgIpc) is 3.09. The highest BCUT2D eigenvalue weighted by molar-refractivity contribution is 6.29. The normalized spacial score (nSPS) is 12.1. The number of rotatable bonds is 7. The Hall–Kier alpha value is -3.33. The van der Waals surface area contributed by atoms with E-state index in [1.165, 1.54) is 11.6 Å². The Morgan fingerprint density at radius 2 is 1.93 bits per heavy atom. The molecule has 2 heterocycles. The van der Waals surface area contributed by atoms with E-state index in [-0.39, 0.29) is 11.2 Å². The summed E-state index contributed by atoms with van der Waals surface area (Å²) in [4.78, 5) is 29.4. The van der Waals surface area contributed by atoms with Gasteiger partial charge >= 0.3 is 5.69 Å². The summed E-state index contributed by atoms with van der Waals surface area (Å²) in [5.74, 6) is 1.10. The number of aromatic nitrogens is 4. The van der Waals surface area contributed by atoms with E-state index in [1.807, 2.05) is 31.2 Å². The molecule has 0 saturated heterocycles. The zero-order valence-corrected chi connectivity index (χ0v) is 18.0. The zero-order valence-electron chi connectivity index (χ0n) is 17.2. The van der Waals surface area contributed by atoms with Gasteiger partial charge in [0.1, 0.15) is 5.75 Å². The van der Waals surface area contributed by atoms with Gasteiger partial charge in [0.15, 0.2) is 11.2 Å². The van der Waals surface area contributed by atoms with Crippen LogP contribution in [-0.4, -0.2) is 31.5 Å². The highest BCUT2D eigenvalue weighted by atomic mass is 35.5. The Morgan fingerprint density at radius 3 is 2.57 bits per heavy atom. The maximum atomic E-state index is 12.7. The molecule has 1 N–H and O–H groups in total. The molecular formula is C20H23ClN6O3. The molecule has 30 heavy (non-hydrogen) atoms. The van der Waals surface area contributed by atoms with Crippen LogP contribution < -0.4 is 21.4 Å². The summed E-state index contributed by atoms with van der Waals surface area (Å²) in [7, 11) is 3.00. The van der Waals surface area contributed by atoms with Gasteiger partial charge in [0.2, 0.25) is 5.95 Å². The number of hydrogen-bond acceptors (Lipinski definition) is 6. The molecule has 2 aromatic heterocycles. The topological polar surface area (TPSA) is 95.4 Å². The summed E-state index contributed by atoms with van der Waals surface area (Å²) in [6, 6.07) is 7.46. The van der Waals surface area contributed by atoms with Crippen molar-refractivity contribution in [1.82, 2.24) is 18.7 Å². The molecule has 0 saturated carbocycles. The lowest BCUT2D eigenvalue weighted by atomic mass is 10.2. The van der Waals surface area contributed by atoms with Gasteiger partial charge in [-0.05, 0) is 43.7 Å². The third kappa shape index (κ3) is 4.30. The predicted molar refractivity (Wildman–Crippen MR) is 119 cm³/mol. The van der Waals surface area contributed by atoms with Crippen molar-refractivity contribution in [2.24, 2.45) is 19.2 Å². The lowest BCUT2D eigenvalue weighted by Crippen LogP contribution is -2.37. The summed E-state index contributed by atoms with van der Waals surface area (Å²) in [6.07, 6.45) is 3.37. The molecule has 0 fully saturated rings. The predicted octanol–water partition coefficient (Wildman–Crippen LogP) is 2.42. The first-order valence-corrected chi connectivity index (χ1v) is 9.71. The van der Waals surface area contributed by atoms with Crippen LogP contribution in [-0.2, 0) is 20.6 Å². The van der Waals surface area contributed by atoms with Crippen LogP contribution in [0.2, 0.25) is 0 Å². The summed E-state index contributed by atoms with van der Waals surface area (Å²) in [5.41, 5.74) is 3.38. The summed E-state index contributed by atoms with van der Waals surface area (Å²) in [6.45, 7) is 4.56. The number of nitrogens with one attached hydrogen (secondary N) is 1. The number of imidazole rings is 1. The Bertz CT molecular complexity index is 1230. The standard InChI is InChI=1S/C20H23ClN6O3/c1-5-30-15-8-6-14(7-9-15)12-22-24-19-23-17-16(27(19)11-10-13(2)21)18(28)26(4)20(29)25(17)3/h6-10,12H,5,11H2,1-4H3,(H,23,24). The van der Waals surface area contributed by atoms with Crippen molar-refractivity contribution in [3.05, 3.63) is 61.8 Å². The van der Waals surface area contributed by atoms with Crippen molar-refractivity contribution in [1.29, 1.82) is 0 Å². The van der Waals surface area contributed by atoms with Gasteiger partial charge in [-0.2, -0.15) is 10.1 Å². The molecule has 1 aromatic carbocycles. The molecule has 0 amide bonds. The fourth-order valence-corrected chi connectivity index (χ4v) is 2.98. The minimum Gasteiger partial charge on any atom is -0.494 e.